The van der Waals surface area contributed by atoms with Gasteiger partial charge in [-0.2, -0.15) is 0 Å². The Morgan fingerprint density at radius 1 is 1.30 bits per heavy atom. The molecule has 1 aromatic heterocycles. The molecule has 0 aliphatic carbocycles. The SMILES string of the molecule is CCCCN(C(=O)CC)C(C)c1nc2ccccc2c(=O)n1C. The van der Waals surface area contributed by atoms with Gasteiger partial charge in [0.1, 0.15) is 5.82 Å². The normalized spacial score (nSPS) is 12.3. The molecule has 0 saturated carbocycles. The third-order valence-electron chi connectivity index (χ3n) is 4.23. The summed E-state index contributed by atoms with van der Waals surface area (Å²) in [4.78, 5) is 31.3. The van der Waals surface area contributed by atoms with Crippen LogP contribution in [0.3, 0.4) is 0 Å². The fourth-order valence-electron chi connectivity index (χ4n) is 2.81. The topological polar surface area (TPSA) is 55.2 Å². The zero-order chi connectivity index (χ0) is 17.0. The summed E-state index contributed by atoms with van der Waals surface area (Å²) in [5.74, 6) is 0.722. The lowest BCUT2D eigenvalue weighted by atomic mass is 10.1. The van der Waals surface area contributed by atoms with E-state index in [1.165, 1.54) is 0 Å². The number of amides is 1. The van der Waals surface area contributed by atoms with E-state index in [4.69, 9.17) is 0 Å². The highest BCUT2D eigenvalue weighted by Gasteiger charge is 2.23. The van der Waals surface area contributed by atoms with Gasteiger partial charge in [-0.1, -0.05) is 32.4 Å². The van der Waals surface area contributed by atoms with Gasteiger partial charge in [-0.15, -0.1) is 0 Å². The zero-order valence-corrected chi connectivity index (χ0v) is 14.4. The van der Waals surface area contributed by atoms with Gasteiger partial charge in [-0.25, -0.2) is 4.98 Å². The highest BCUT2D eigenvalue weighted by atomic mass is 16.2. The first-order chi connectivity index (χ1) is 11.0. The Hall–Kier alpha value is -2.17. The molecule has 124 valence electrons. The van der Waals surface area contributed by atoms with E-state index >= 15 is 0 Å². The Morgan fingerprint density at radius 3 is 2.65 bits per heavy atom. The Morgan fingerprint density at radius 2 is 2.00 bits per heavy atom. The average molecular weight is 315 g/mol. The monoisotopic (exact) mass is 315 g/mol. The van der Waals surface area contributed by atoms with Crippen LogP contribution in [0.2, 0.25) is 0 Å². The summed E-state index contributed by atoms with van der Waals surface area (Å²) in [6.45, 7) is 6.59. The largest absolute Gasteiger partial charge is 0.333 e. The van der Waals surface area contributed by atoms with Crippen LogP contribution in [0.15, 0.2) is 29.1 Å². The number of carbonyl (C=O) groups is 1. The van der Waals surface area contributed by atoms with Gasteiger partial charge < -0.3 is 4.90 Å². The maximum Gasteiger partial charge on any atom is 0.261 e. The van der Waals surface area contributed by atoms with E-state index < -0.39 is 0 Å². The molecule has 0 saturated heterocycles. The summed E-state index contributed by atoms with van der Waals surface area (Å²) < 4.78 is 1.56. The summed E-state index contributed by atoms with van der Waals surface area (Å²) in [6.07, 6.45) is 2.41. The second kappa shape index (κ2) is 7.40. The van der Waals surface area contributed by atoms with Crippen LogP contribution in [0.25, 0.3) is 10.9 Å². The molecule has 1 amide bonds. The van der Waals surface area contributed by atoms with Gasteiger partial charge in [0, 0.05) is 20.0 Å². The van der Waals surface area contributed by atoms with Crippen LogP contribution >= 0.6 is 0 Å². The first-order valence-electron chi connectivity index (χ1n) is 8.26. The van der Waals surface area contributed by atoms with E-state index in [0.717, 1.165) is 12.8 Å². The molecule has 23 heavy (non-hydrogen) atoms. The summed E-state index contributed by atoms with van der Waals surface area (Å²) in [7, 11) is 1.72. The van der Waals surface area contributed by atoms with Crippen molar-refractivity contribution in [1.29, 1.82) is 0 Å². The van der Waals surface area contributed by atoms with E-state index in [9.17, 15) is 9.59 Å². The molecular formula is C18H25N3O2. The van der Waals surface area contributed by atoms with Crippen LogP contribution in [-0.2, 0) is 11.8 Å². The Bertz CT molecular complexity index is 752. The molecule has 0 aliphatic heterocycles. The molecule has 1 unspecified atom stereocenters. The van der Waals surface area contributed by atoms with Gasteiger partial charge in [-0.05, 0) is 25.5 Å². The van der Waals surface area contributed by atoms with Crippen molar-refractivity contribution in [2.75, 3.05) is 6.54 Å². The minimum absolute atomic E-state index is 0.0724. The lowest BCUT2D eigenvalue weighted by Gasteiger charge is -2.29. The predicted molar refractivity (Wildman–Crippen MR) is 92.3 cm³/mol. The van der Waals surface area contributed by atoms with E-state index in [-0.39, 0.29) is 17.5 Å². The van der Waals surface area contributed by atoms with Gasteiger partial charge in [-0.3, -0.25) is 14.2 Å². The number of benzene rings is 1. The van der Waals surface area contributed by atoms with Crippen molar-refractivity contribution in [2.45, 2.75) is 46.1 Å². The average Bonchev–Trinajstić information content (AvgIpc) is 2.57. The highest BCUT2D eigenvalue weighted by Crippen LogP contribution is 2.20. The molecule has 0 N–H and O–H groups in total. The summed E-state index contributed by atoms with van der Waals surface area (Å²) in [5.41, 5.74) is 0.605. The molecule has 2 rings (SSSR count). The molecule has 2 aromatic rings. The lowest BCUT2D eigenvalue weighted by molar-refractivity contribution is -0.133. The smallest absolute Gasteiger partial charge is 0.261 e. The molecule has 0 aliphatic rings. The van der Waals surface area contributed by atoms with Crippen LogP contribution in [0.1, 0.15) is 51.9 Å². The Kier molecular flexibility index (Phi) is 5.53. The second-order valence-electron chi connectivity index (χ2n) is 5.82. The second-order valence-corrected chi connectivity index (χ2v) is 5.82. The molecule has 0 spiro atoms. The molecule has 0 fully saturated rings. The number of unbranched alkanes of at least 4 members (excludes halogenated alkanes) is 1. The van der Waals surface area contributed by atoms with E-state index in [1.54, 1.807) is 17.7 Å². The minimum Gasteiger partial charge on any atom is -0.333 e. The fourth-order valence-corrected chi connectivity index (χ4v) is 2.81. The first-order valence-corrected chi connectivity index (χ1v) is 8.26. The quantitative estimate of drug-likeness (QED) is 0.823. The number of nitrogens with zero attached hydrogens (tertiary/aromatic N) is 3. The Balaban J connectivity index is 2.50. The molecule has 5 heteroatoms. The van der Waals surface area contributed by atoms with Gasteiger partial charge in [0.25, 0.3) is 5.56 Å². The van der Waals surface area contributed by atoms with Crippen LogP contribution < -0.4 is 5.56 Å². The lowest BCUT2D eigenvalue weighted by Crippen LogP contribution is -2.37. The maximum atomic E-state index is 12.5. The van der Waals surface area contributed by atoms with Crippen molar-refractivity contribution < 1.29 is 4.79 Å². The van der Waals surface area contributed by atoms with E-state index in [0.29, 0.717) is 29.7 Å². The van der Waals surface area contributed by atoms with E-state index in [2.05, 4.69) is 11.9 Å². The first kappa shape index (κ1) is 17.2. The van der Waals surface area contributed by atoms with Crippen molar-refractivity contribution >= 4 is 16.8 Å². The van der Waals surface area contributed by atoms with Crippen LogP contribution in [0.5, 0.6) is 0 Å². The number of rotatable bonds is 6. The minimum atomic E-state index is -0.226. The highest BCUT2D eigenvalue weighted by molar-refractivity contribution is 5.78. The number of hydrogen-bond acceptors (Lipinski definition) is 3. The summed E-state index contributed by atoms with van der Waals surface area (Å²) in [6, 6.07) is 7.10. The van der Waals surface area contributed by atoms with Crippen molar-refractivity contribution in [3.63, 3.8) is 0 Å². The third kappa shape index (κ3) is 3.44. The van der Waals surface area contributed by atoms with Crippen molar-refractivity contribution in [2.24, 2.45) is 7.05 Å². The van der Waals surface area contributed by atoms with Crippen LogP contribution in [-0.4, -0.2) is 26.9 Å². The summed E-state index contributed by atoms with van der Waals surface area (Å²) in [5, 5.41) is 0.605. The molecular weight excluding hydrogens is 290 g/mol. The van der Waals surface area contributed by atoms with Gasteiger partial charge in [0.2, 0.25) is 5.91 Å². The van der Waals surface area contributed by atoms with Gasteiger partial charge >= 0.3 is 0 Å². The Labute approximate surface area is 136 Å². The van der Waals surface area contributed by atoms with Gasteiger partial charge in [0.15, 0.2) is 0 Å². The summed E-state index contributed by atoms with van der Waals surface area (Å²) >= 11 is 0. The van der Waals surface area contributed by atoms with E-state index in [1.807, 2.05) is 36.9 Å². The number of fused-ring (bicyclic) bond motifs is 1. The van der Waals surface area contributed by atoms with Crippen molar-refractivity contribution in [1.82, 2.24) is 14.5 Å². The van der Waals surface area contributed by atoms with Crippen LogP contribution in [0.4, 0.5) is 0 Å². The number of aromatic nitrogens is 2. The number of hydrogen-bond donors (Lipinski definition) is 0. The molecule has 1 heterocycles. The molecule has 1 aromatic carbocycles. The van der Waals surface area contributed by atoms with Crippen LogP contribution in [0, 0.1) is 0 Å². The standard InChI is InChI=1S/C18H25N3O2/c1-5-7-12-21(16(22)6-2)13(3)17-19-15-11-9-8-10-14(15)18(23)20(17)4/h8-11,13H,5-7,12H2,1-4H3. The number of para-hydroxylation sites is 1. The number of carbonyl (C=O) groups excluding carboxylic acids is 1. The predicted octanol–water partition coefficient (Wildman–Crippen LogP) is 3.03. The maximum absolute atomic E-state index is 12.5. The third-order valence-corrected chi connectivity index (χ3v) is 4.23. The van der Waals surface area contributed by atoms with Crippen molar-refractivity contribution in [3.8, 4) is 0 Å². The molecule has 1 atom stereocenters. The molecule has 0 radical (unpaired) electrons. The molecule has 5 nitrogen and oxygen atoms in total. The fraction of sp³-hybridized carbons (Fsp3) is 0.500. The molecule has 0 bridgehead atoms. The van der Waals surface area contributed by atoms with Gasteiger partial charge in [0.05, 0.1) is 16.9 Å². The zero-order valence-electron chi connectivity index (χ0n) is 14.4. The van der Waals surface area contributed by atoms with Crippen molar-refractivity contribution in [3.05, 3.63) is 40.4 Å².